The van der Waals surface area contributed by atoms with Gasteiger partial charge in [0.25, 0.3) is 0 Å². The highest BCUT2D eigenvalue weighted by Crippen LogP contribution is 2.32. The lowest BCUT2D eigenvalue weighted by atomic mass is 10.0. The maximum absolute atomic E-state index is 12.7. The smallest absolute Gasteiger partial charge is 0.235 e. The first-order valence-corrected chi connectivity index (χ1v) is 10.7. The van der Waals surface area contributed by atoms with Crippen LogP contribution in [0.15, 0.2) is 24.3 Å². The van der Waals surface area contributed by atoms with E-state index in [1.165, 1.54) is 4.31 Å². The van der Waals surface area contributed by atoms with Crippen LogP contribution in [0.5, 0.6) is 0 Å². The van der Waals surface area contributed by atoms with Gasteiger partial charge in [0.15, 0.2) is 5.79 Å². The summed E-state index contributed by atoms with van der Waals surface area (Å²) < 4.78 is 38.2. The lowest BCUT2D eigenvalue weighted by Gasteiger charge is -2.37. The van der Waals surface area contributed by atoms with Gasteiger partial charge >= 0.3 is 0 Å². The number of ether oxygens (including phenoxy) is 2. The first kappa shape index (κ1) is 17.8. The topological polar surface area (TPSA) is 76.2 Å². The Morgan fingerprint density at radius 3 is 2.50 bits per heavy atom. The Balaban J connectivity index is 1.33. The number of amides is 1. The lowest BCUT2D eigenvalue weighted by molar-refractivity contribution is -0.187. The summed E-state index contributed by atoms with van der Waals surface area (Å²) >= 11 is 0. The molecule has 1 amide bonds. The van der Waals surface area contributed by atoms with E-state index in [0.717, 1.165) is 17.7 Å². The predicted octanol–water partition coefficient (Wildman–Crippen LogP) is 1.13. The Kier molecular flexibility index (Phi) is 4.66. The van der Waals surface area contributed by atoms with Crippen LogP contribution >= 0.6 is 0 Å². The molecule has 1 aromatic carbocycles. The molecular formula is C18H24N2O5S. The predicted molar refractivity (Wildman–Crippen MR) is 96.3 cm³/mol. The monoisotopic (exact) mass is 380 g/mol. The van der Waals surface area contributed by atoms with Crippen LogP contribution < -0.4 is 4.31 Å². The second kappa shape index (κ2) is 6.83. The number of carbonyl (C=O) groups excluding carboxylic acids is 1. The van der Waals surface area contributed by atoms with Crippen LogP contribution in [-0.4, -0.2) is 63.6 Å². The van der Waals surface area contributed by atoms with E-state index < -0.39 is 15.8 Å². The van der Waals surface area contributed by atoms with E-state index in [2.05, 4.69) is 0 Å². The lowest BCUT2D eigenvalue weighted by Crippen LogP contribution is -2.47. The minimum Gasteiger partial charge on any atom is -0.347 e. The first-order chi connectivity index (χ1) is 12.5. The summed E-state index contributed by atoms with van der Waals surface area (Å²) in [6.07, 6.45) is 2.02. The Morgan fingerprint density at radius 2 is 1.77 bits per heavy atom. The van der Waals surface area contributed by atoms with Crippen molar-refractivity contribution in [2.45, 2.75) is 31.5 Å². The molecule has 2 saturated heterocycles. The molecule has 4 rings (SSSR count). The molecule has 7 nitrogen and oxygen atoms in total. The quantitative estimate of drug-likeness (QED) is 0.783. The van der Waals surface area contributed by atoms with E-state index in [0.29, 0.717) is 45.7 Å². The molecule has 142 valence electrons. The average molecular weight is 380 g/mol. The molecule has 0 atom stereocenters. The Labute approximate surface area is 153 Å². The van der Waals surface area contributed by atoms with Crippen molar-refractivity contribution >= 4 is 21.6 Å². The molecule has 3 heterocycles. The van der Waals surface area contributed by atoms with Crippen molar-refractivity contribution in [3.63, 3.8) is 0 Å². The summed E-state index contributed by atoms with van der Waals surface area (Å²) in [4.78, 5) is 14.2. The van der Waals surface area contributed by atoms with E-state index in [1.54, 1.807) is 4.90 Å². The molecule has 0 N–H and O–H groups in total. The Morgan fingerprint density at radius 1 is 1.08 bits per heavy atom. The first-order valence-electron chi connectivity index (χ1n) is 9.13. The van der Waals surface area contributed by atoms with Crippen molar-refractivity contribution in [2.75, 3.05) is 42.9 Å². The van der Waals surface area contributed by atoms with Gasteiger partial charge in [0.05, 0.1) is 24.7 Å². The second-order valence-electron chi connectivity index (χ2n) is 7.01. The van der Waals surface area contributed by atoms with Crippen LogP contribution in [0, 0.1) is 0 Å². The molecule has 0 aromatic heterocycles. The third-order valence-electron chi connectivity index (χ3n) is 5.45. The van der Waals surface area contributed by atoms with Gasteiger partial charge in [-0.25, -0.2) is 8.42 Å². The van der Waals surface area contributed by atoms with Crippen LogP contribution in [-0.2, 0) is 30.7 Å². The molecule has 1 aromatic rings. The summed E-state index contributed by atoms with van der Waals surface area (Å²) in [5.74, 6) is -0.800. The molecular weight excluding hydrogens is 356 g/mol. The highest BCUT2D eigenvalue weighted by Gasteiger charge is 2.41. The number of hydrogen-bond acceptors (Lipinski definition) is 5. The van der Waals surface area contributed by atoms with Crippen LogP contribution in [0.4, 0.5) is 5.69 Å². The normalized spacial score (nSPS) is 22.0. The zero-order chi connectivity index (χ0) is 18.2. The highest BCUT2D eigenvalue weighted by molar-refractivity contribution is 7.92. The maximum atomic E-state index is 12.7. The fourth-order valence-electron chi connectivity index (χ4n) is 3.96. The van der Waals surface area contributed by atoms with Gasteiger partial charge in [0, 0.05) is 38.9 Å². The highest BCUT2D eigenvalue weighted by atomic mass is 32.2. The molecule has 3 aliphatic heterocycles. The largest absolute Gasteiger partial charge is 0.347 e. The molecule has 0 bridgehead atoms. The van der Waals surface area contributed by atoms with Crippen molar-refractivity contribution in [3.8, 4) is 0 Å². The van der Waals surface area contributed by atoms with Crippen LogP contribution in [0.2, 0.25) is 0 Å². The fourth-order valence-corrected chi connectivity index (χ4v) is 5.46. The number of hydrogen-bond donors (Lipinski definition) is 0. The van der Waals surface area contributed by atoms with Crippen molar-refractivity contribution in [1.82, 2.24) is 4.90 Å². The van der Waals surface area contributed by atoms with Gasteiger partial charge in [-0.15, -0.1) is 0 Å². The molecule has 0 aliphatic carbocycles. The fraction of sp³-hybridized carbons (Fsp3) is 0.611. The molecule has 0 radical (unpaired) electrons. The van der Waals surface area contributed by atoms with Gasteiger partial charge < -0.3 is 14.4 Å². The minimum absolute atomic E-state index is 0.00964. The summed E-state index contributed by atoms with van der Waals surface area (Å²) in [6, 6.07) is 7.54. The number of rotatable bonds is 4. The average Bonchev–Trinajstić information content (AvgIpc) is 3.28. The summed E-state index contributed by atoms with van der Waals surface area (Å²) in [6.45, 7) is 2.75. The number of piperidine rings is 1. The number of benzene rings is 1. The summed E-state index contributed by atoms with van der Waals surface area (Å²) in [5, 5.41) is 0. The molecule has 2 fully saturated rings. The summed E-state index contributed by atoms with van der Waals surface area (Å²) in [7, 11) is -3.49. The van der Waals surface area contributed by atoms with Crippen LogP contribution in [0.1, 0.15) is 24.8 Å². The zero-order valence-corrected chi connectivity index (χ0v) is 15.5. The summed E-state index contributed by atoms with van der Waals surface area (Å²) in [5.41, 5.74) is 1.79. The number of anilines is 1. The van der Waals surface area contributed by atoms with Gasteiger partial charge in [0.1, 0.15) is 0 Å². The van der Waals surface area contributed by atoms with Crippen molar-refractivity contribution in [3.05, 3.63) is 29.8 Å². The van der Waals surface area contributed by atoms with Crippen LogP contribution in [0.3, 0.4) is 0 Å². The third kappa shape index (κ3) is 3.33. The number of carbonyl (C=O) groups is 1. The van der Waals surface area contributed by atoms with Gasteiger partial charge in [-0.05, 0) is 18.1 Å². The van der Waals surface area contributed by atoms with E-state index in [9.17, 15) is 13.2 Å². The number of nitrogens with zero attached hydrogens (tertiary/aromatic N) is 2. The zero-order valence-electron chi connectivity index (χ0n) is 14.7. The molecule has 8 heteroatoms. The van der Waals surface area contributed by atoms with Gasteiger partial charge in [-0.2, -0.15) is 0 Å². The second-order valence-corrected chi connectivity index (χ2v) is 9.02. The molecule has 1 spiro atoms. The van der Waals surface area contributed by atoms with E-state index >= 15 is 0 Å². The van der Waals surface area contributed by atoms with Crippen molar-refractivity contribution in [2.24, 2.45) is 0 Å². The Bertz CT molecular complexity index is 779. The molecule has 3 aliphatic rings. The number of likely N-dealkylation sites (tertiary alicyclic amines) is 1. The van der Waals surface area contributed by atoms with E-state index in [4.69, 9.17) is 9.47 Å². The van der Waals surface area contributed by atoms with Gasteiger partial charge in [-0.3, -0.25) is 9.10 Å². The SMILES string of the molecule is O=C(CCS(=O)(=O)N1CCc2ccccc21)N1CCC2(CC1)OCCO2. The number of para-hydroxylation sites is 1. The van der Waals surface area contributed by atoms with Crippen LogP contribution in [0.25, 0.3) is 0 Å². The maximum Gasteiger partial charge on any atom is 0.235 e. The Hall–Kier alpha value is -1.64. The standard InChI is InChI=1S/C18H24N2O5S/c21-17(19-10-7-18(8-11-19)24-12-13-25-18)6-14-26(22,23)20-9-5-15-3-1-2-4-16(15)20/h1-4H,5-14H2. The minimum atomic E-state index is -3.49. The van der Waals surface area contributed by atoms with Crippen molar-refractivity contribution < 1.29 is 22.7 Å². The van der Waals surface area contributed by atoms with Gasteiger partial charge in [0.2, 0.25) is 15.9 Å². The van der Waals surface area contributed by atoms with Gasteiger partial charge in [-0.1, -0.05) is 18.2 Å². The molecule has 26 heavy (non-hydrogen) atoms. The van der Waals surface area contributed by atoms with Crippen molar-refractivity contribution in [1.29, 1.82) is 0 Å². The number of fused-ring (bicyclic) bond motifs is 1. The molecule has 0 unspecified atom stereocenters. The third-order valence-corrected chi connectivity index (χ3v) is 7.22. The number of sulfonamides is 1. The van der Waals surface area contributed by atoms with E-state index in [1.807, 2.05) is 24.3 Å². The molecule has 0 saturated carbocycles. The van der Waals surface area contributed by atoms with E-state index in [-0.39, 0.29) is 18.1 Å².